The number of aromatic nitrogens is 2. The van der Waals surface area contributed by atoms with Gasteiger partial charge in [0.25, 0.3) is 5.91 Å². The molecule has 0 atom stereocenters. The van der Waals surface area contributed by atoms with Crippen molar-refractivity contribution in [3.8, 4) is 5.75 Å². The van der Waals surface area contributed by atoms with E-state index in [0.717, 1.165) is 63.2 Å². The molecular formula is C22H30N4O2. The van der Waals surface area contributed by atoms with Gasteiger partial charge >= 0.3 is 0 Å². The van der Waals surface area contributed by atoms with Crippen LogP contribution in [0.1, 0.15) is 36.8 Å². The zero-order chi connectivity index (χ0) is 19.6. The molecule has 150 valence electrons. The van der Waals surface area contributed by atoms with Gasteiger partial charge in [0.1, 0.15) is 17.4 Å². The number of ether oxygens (including phenoxy) is 1. The van der Waals surface area contributed by atoms with Crippen molar-refractivity contribution in [1.29, 1.82) is 0 Å². The highest BCUT2D eigenvalue weighted by Gasteiger charge is 2.45. The SMILES string of the molecule is Cc1ccc(C)c(OC2CCN(C(=O)C3(n4cccn4)CCNCC3)CC2)c1. The number of nitrogens with zero attached hydrogens (tertiary/aromatic N) is 3. The van der Waals surface area contributed by atoms with Gasteiger partial charge in [0.05, 0.1) is 0 Å². The second-order valence-electron chi connectivity index (χ2n) is 8.11. The molecule has 4 rings (SSSR count). The van der Waals surface area contributed by atoms with Crippen LogP contribution >= 0.6 is 0 Å². The summed E-state index contributed by atoms with van der Waals surface area (Å²) in [4.78, 5) is 15.6. The summed E-state index contributed by atoms with van der Waals surface area (Å²) in [6.07, 6.45) is 7.16. The van der Waals surface area contributed by atoms with E-state index in [2.05, 4.69) is 42.5 Å². The Morgan fingerprint density at radius 3 is 2.64 bits per heavy atom. The van der Waals surface area contributed by atoms with Gasteiger partial charge in [0.2, 0.25) is 0 Å². The molecule has 6 heteroatoms. The van der Waals surface area contributed by atoms with Gasteiger partial charge in [-0.1, -0.05) is 12.1 Å². The van der Waals surface area contributed by atoms with E-state index in [1.54, 1.807) is 6.20 Å². The molecule has 2 fully saturated rings. The Kier molecular flexibility index (Phi) is 5.40. The Hall–Kier alpha value is -2.34. The maximum absolute atomic E-state index is 13.5. The van der Waals surface area contributed by atoms with E-state index in [4.69, 9.17) is 4.74 Å². The largest absolute Gasteiger partial charge is 0.490 e. The molecule has 3 heterocycles. The molecule has 2 aliphatic heterocycles. The number of piperidine rings is 2. The third-order valence-electron chi connectivity index (χ3n) is 6.14. The number of carbonyl (C=O) groups excluding carboxylic acids is 1. The molecule has 1 amide bonds. The van der Waals surface area contributed by atoms with Crippen molar-refractivity contribution in [3.63, 3.8) is 0 Å². The van der Waals surface area contributed by atoms with Crippen molar-refractivity contribution in [1.82, 2.24) is 20.0 Å². The van der Waals surface area contributed by atoms with Gasteiger partial charge in [-0.25, -0.2) is 0 Å². The van der Waals surface area contributed by atoms with Crippen LogP contribution in [0.25, 0.3) is 0 Å². The van der Waals surface area contributed by atoms with Gasteiger partial charge in [0.15, 0.2) is 0 Å². The molecule has 0 spiro atoms. The summed E-state index contributed by atoms with van der Waals surface area (Å²) in [5.74, 6) is 1.18. The van der Waals surface area contributed by atoms with Crippen LogP contribution in [0.3, 0.4) is 0 Å². The molecule has 0 saturated carbocycles. The van der Waals surface area contributed by atoms with Crippen molar-refractivity contribution in [3.05, 3.63) is 47.8 Å². The summed E-state index contributed by atoms with van der Waals surface area (Å²) in [7, 11) is 0. The van der Waals surface area contributed by atoms with Crippen LogP contribution in [0.15, 0.2) is 36.7 Å². The van der Waals surface area contributed by atoms with Gasteiger partial charge in [-0.05, 0) is 63.0 Å². The Bertz CT molecular complexity index is 804. The van der Waals surface area contributed by atoms with Crippen molar-refractivity contribution in [2.45, 2.75) is 51.2 Å². The predicted molar refractivity (Wildman–Crippen MR) is 108 cm³/mol. The molecular weight excluding hydrogens is 352 g/mol. The van der Waals surface area contributed by atoms with Crippen LogP contribution in [-0.4, -0.2) is 52.9 Å². The number of hydrogen-bond acceptors (Lipinski definition) is 4. The molecule has 2 aromatic rings. The van der Waals surface area contributed by atoms with E-state index >= 15 is 0 Å². The smallest absolute Gasteiger partial charge is 0.250 e. The first-order valence-electron chi connectivity index (χ1n) is 10.3. The quantitative estimate of drug-likeness (QED) is 0.883. The highest BCUT2D eigenvalue weighted by molar-refractivity contribution is 5.84. The fourth-order valence-corrected chi connectivity index (χ4v) is 4.39. The first-order chi connectivity index (χ1) is 13.6. The number of rotatable bonds is 4. The summed E-state index contributed by atoms with van der Waals surface area (Å²) >= 11 is 0. The molecule has 1 N–H and O–H groups in total. The maximum atomic E-state index is 13.5. The van der Waals surface area contributed by atoms with Gasteiger partial charge in [-0.3, -0.25) is 9.48 Å². The molecule has 1 aromatic carbocycles. The molecule has 28 heavy (non-hydrogen) atoms. The molecule has 0 radical (unpaired) electrons. The fourth-order valence-electron chi connectivity index (χ4n) is 4.39. The summed E-state index contributed by atoms with van der Waals surface area (Å²) in [6, 6.07) is 8.22. The maximum Gasteiger partial charge on any atom is 0.250 e. The number of hydrogen-bond donors (Lipinski definition) is 1. The molecule has 0 bridgehead atoms. The molecule has 2 aliphatic rings. The zero-order valence-corrected chi connectivity index (χ0v) is 16.9. The standard InChI is InChI=1S/C22H30N4O2/c1-17-4-5-18(2)20(16-17)28-19-6-14-25(15-7-19)21(27)22(8-11-23-12-9-22)26-13-3-10-24-26/h3-5,10,13,16,19,23H,6-9,11-12,14-15H2,1-2H3. The summed E-state index contributed by atoms with van der Waals surface area (Å²) in [5.41, 5.74) is 1.83. The van der Waals surface area contributed by atoms with E-state index in [9.17, 15) is 4.79 Å². The minimum absolute atomic E-state index is 0.165. The molecule has 0 aliphatic carbocycles. The Balaban J connectivity index is 1.42. The van der Waals surface area contributed by atoms with Crippen molar-refractivity contribution >= 4 is 5.91 Å². The van der Waals surface area contributed by atoms with E-state index < -0.39 is 5.54 Å². The van der Waals surface area contributed by atoms with Crippen LogP contribution in [0.4, 0.5) is 0 Å². The summed E-state index contributed by atoms with van der Waals surface area (Å²) < 4.78 is 8.16. The van der Waals surface area contributed by atoms with E-state index in [1.807, 2.05) is 21.8 Å². The van der Waals surface area contributed by atoms with Crippen molar-refractivity contribution in [2.24, 2.45) is 0 Å². The summed E-state index contributed by atoms with van der Waals surface area (Å²) in [5, 5.41) is 7.80. The molecule has 1 aromatic heterocycles. The third-order valence-corrected chi connectivity index (χ3v) is 6.14. The van der Waals surface area contributed by atoms with Gasteiger partial charge < -0.3 is 15.0 Å². The van der Waals surface area contributed by atoms with E-state index in [0.29, 0.717) is 0 Å². The van der Waals surface area contributed by atoms with Gasteiger partial charge in [-0.2, -0.15) is 5.10 Å². The summed E-state index contributed by atoms with van der Waals surface area (Å²) in [6.45, 7) is 7.34. The van der Waals surface area contributed by atoms with E-state index in [-0.39, 0.29) is 12.0 Å². The highest BCUT2D eigenvalue weighted by atomic mass is 16.5. The average molecular weight is 383 g/mol. The number of nitrogens with one attached hydrogen (secondary N) is 1. The monoisotopic (exact) mass is 382 g/mol. The second-order valence-corrected chi connectivity index (χ2v) is 8.11. The molecule has 0 unspecified atom stereocenters. The highest BCUT2D eigenvalue weighted by Crippen LogP contribution is 2.31. The zero-order valence-electron chi connectivity index (χ0n) is 16.9. The Morgan fingerprint density at radius 1 is 1.21 bits per heavy atom. The van der Waals surface area contributed by atoms with Crippen LogP contribution in [-0.2, 0) is 10.3 Å². The van der Waals surface area contributed by atoms with Crippen molar-refractivity contribution < 1.29 is 9.53 Å². The Labute approximate surface area is 166 Å². The number of benzene rings is 1. The van der Waals surface area contributed by atoms with E-state index in [1.165, 1.54) is 5.56 Å². The van der Waals surface area contributed by atoms with Crippen LogP contribution in [0.5, 0.6) is 5.75 Å². The topological polar surface area (TPSA) is 59.4 Å². The lowest BCUT2D eigenvalue weighted by Crippen LogP contribution is -2.57. The number of carbonyl (C=O) groups is 1. The van der Waals surface area contributed by atoms with Gasteiger partial charge in [-0.15, -0.1) is 0 Å². The Morgan fingerprint density at radius 2 is 1.96 bits per heavy atom. The van der Waals surface area contributed by atoms with Crippen LogP contribution < -0.4 is 10.1 Å². The first-order valence-corrected chi connectivity index (χ1v) is 10.3. The normalized spacial score (nSPS) is 20.1. The van der Waals surface area contributed by atoms with Gasteiger partial charge in [0, 0.05) is 38.3 Å². The number of likely N-dealkylation sites (tertiary alicyclic amines) is 1. The van der Waals surface area contributed by atoms with Crippen LogP contribution in [0, 0.1) is 13.8 Å². The lowest BCUT2D eigenvalue weighted by Gasteiger charge is -2.42. The third kappa shape index (κ3) is 3.65. The molecule has 2 saturated heterocycles. The first kappa shape index (κ1) is 19.0. The number of aryl methyl sites for hydroxylation is 2. The lowest BCUT2D eigenvalue weighted by atomic mass is 9.86. The minimum atomic E-state index is -0.546. The second kappa shape index (κ2) is 7.95. The lowest BCUT2D eigenvalue weighted by molar-refractivity contribution is -0.145. The fraction of sp³-hybridized carbons (Fsp3) is 0.545. The average Bonchev–Trinajstić information content (AvgIpc) is 3.27. The predicted octanol–water partition coefficient (Wildman–Crippen LogP) is 2.65. The molecule has 6 nitrogen and oxygen atoms in total. The minimum Gasteiger partial charge on any atom is -0.490 e. The van der Waals surface area contributed by atoms with Crippen LogP contribution in [0.2, 0.25) is 0 Å². The number of amides is 1. The van der Waals surface area contributed by atoms with Crippen molar-refractivity contribution in [2.75, 3.05) is 26.2 Å².